The fourth-order valence-electron chi connectivity index (χ4n) is 9.14. The lowest BCUT2D eigenvalue weighted by atomic mass is 9.91. The van der Waals surface area contributed by atoms with Crippen molar-refractivity contribution in [3.63, 3.8) is 0 Å². The third-order valence-corrected chi connectivity index (χ3v) is 12.2. The molecule has 0 aromatic heterocycles. The van der Waals surface area contributed by atoms with Gasteiger partial charge in [-0.15, -0.1) is 26.3 Å². The molecule has 11 aromatic carbocycles. The highest BCUT2D eigenvalue weighted by Crippen LogP contribution is 2.52. The second-order valence-electron chi connectivity index (χ2n) is 16.0. The van der Waals surface area contributed by atoms with Crippen LogP contribution in [0.15, 0.2) is 227 Å². The Balaban J connectivity index is 0.00000123. The Hall–Kier alpha value is -7.94. The number of hydrogen-bond donors (Lipinski definition) is 0. The molecule has 0 unspecified atom stereocenters. The van der Waals surface area contributed by atoms with Crippen LogP contribution >= 0.6 is 0 Å². The molecule has 11 aromatic rings. The molecule has 304 valence electrons. The summed E-state index contributed by atoms with van der Waals surface area (Å²) in [7, 11) is 0. The Bertz CT molecular complexity index is 3460. The molecule has 63 heavy (non-hydrogen) atoms. The number of nitrogens with zero attached hydrogens (tertiary/aromatic N) is 2. The highest BCUT2D eigenvalue weighted by atomic mass is 15.2. The third-order valence-electron chi connectivity index (χ3n) is 12.2. The van der Waals surface area contributed by atoms with Crippen molar-refractivity contribution >= 4 is 98.8 Å². The first-order valence-corrected chi connectivity index (χ1v) is 21.5. The van der Waals surface area contributed by atoms with E-state index in [2.05, 4.69) is 257 Å². The Kier molecular flexibility index (Phi) is 11.0. The summed E-state index contributed by atoms with van der Waals surface area (Å²) in [5.41, 5.74) is 10.6. The lowest BCUT2D eigenvalue weighted by molar-refractivity contribution is 1.29. The molecule has 0 N–H and O–H groups in total. The van der Waals surface area contributed by atoms with E-state index in [1.165, 1.54) is 92.7 Å². The van der Waals surface area contributed by atoms with Crippen LogP contribution in [0.4, 0.5) is 34.1 Å². The summed E-state index contributed by atoms with van der Waals surface area (Å²) in [6.07, 6.45) is 0. The predicted octanol–water partition coefficient (Wildman–Crippen LogP) is 18.1. The summed E-state index contributed by atoms with van der Waals surface area (Å²) in [6.45, 7) is 18.7. The molecule has 0 aliphatic carbocycles. The molecule has 0 radical (unpaired) electrons. The van der Waals surface area contributed by atoms with Crippen LogP contribution in [0.3, 0.4) is 0 Å². The quantitative estimate of drug-likeness (QED) is 0.0938. The van der Waals surface area contributed by atoms with Crippen LogP contribution in [0.2, 0.25) is 0 Å². The Morgan fingerprint density at radius 3 is 1.05 bits per heavy atom. The van der Waals surface area contributed by atoms with Gasteiger partial charge in [0.05, 0.1) is 11.4 Å². The summed E-state index contributed by atoms with van der Waals surface area (Å²) < 4.78 is 0. The van der Waals surface area contributed by atoms with Crippen LogP contribution in [-0.2, 0) is 0 Å². The van der Waals surface area contributed by atoms with Crippen LogP contribution in [0, 0.1) is 20.8 Å². The Morgan fingerprint density at radius 1 is 0.270 bits per heavy atom. The van der Waals surface area contributed by atoms with Gasteiger partial charge < -0.3 is 9.80 Å². The van der Waals surface area contributed by atoms with Crippen molar-refractivity contribution in [1.82, 2.24) is 0 Å². The van der Waals surface area contributed by atoms with Crippen molar-refractivity contribution in [1.29, 1.82) is 0 Å². The molecular weight excluding hydrogens is 761 g/mol. The first-order chi connectivity index (χ1) is 31.0. The molecule has 0 saturated carbocycles. The van der Waals surface area contributed by atoms with E-state index in [1.807, 2.05) is 0 Å². The van der Waals surface area contributed by atoms with E-state index in [0.29, 0.717) is 0 Å². The van der Waals surface area contributed by atoms with Gasteiger partial charge in [-0.25, -0.2) is 0 Å². The van der Waals surface area contributed by atoms with E-state index in [4.69, 9.17) is 0 Å². The second-order valence-corrected chi connectivity index (χ2v) is 16.0. The number of para-hydroxylation sites is 2. The highest BCUT2D eigenvalue weighted by Gasteiger charge is 2.26. The topological polar surface area (TPSA) is 6.48 Å². The second kappa shape index (κ2) is 17.2. The van der Waals surface area contributed by atoms with Gasteiger partial charge in [0.1, 0.15) is 0 Å². The zero-order valence-corrected chi connectivity index (χ0v) is 36.3. The summed E-state index contributed by atoms with van der Waals surface area (Å²) in [5.74, 6) is 0. The van der Waals surface area contributed by atoms with Crippen LogP contribution in [-0.4, -0.2) is 0 Å². The van der Waals surface area contributed by atoms with E-state index in [1.54, 1.807) is 0 Å². The summed E-state index contributed by atoms with van der Waals surface area (Å²) in [5, 5.41) is 14.7. The Morgan fingerprint density at radius 2 is 0.619 bits per heavy atom. The van der Waals surface area contributed by atoms with Crippen molar-refractivity contribution in [2.45, 2.75) is 20.8 Å². The molecule has 0 saturated heterocycles. The van der Waals surface area contributed by atoms with Gasteiger partial charge in [0.15, 0.2) is 0 Å². The van der Waals surface area contributed by atoms with E-state index < -0.39 is 0 Å². The van der Waals surface area contributed by atoms with E-state index >= 15 is 0 Å². The lowest BCUT2D eigenvalue weighted by Crippen LogP contribution is -2.15. The molecule has 0 bridgehead atoms. The first-order valence-electron chi connectivity index (χ1n) is 21.5. The first kappa shape index (κ1) is 40.5. The molecule has 0 spiro atoms. The lowest BCUT2D eigenvalue weighted by Gasteiger charge is -2.33. The molecule has 11 rings (SSSR count). The maximum absolute atomic E-state index is 3.00. The van der Waals surface area contributed by atoms with Gasteiger partial charge in [-0.05, 0) is 166 Å². The molecule has 0 atom stereocenters. The van der Waals surface area contributed by atoms with E-state index in [-0.39, 0.29) is 0 Å². The van der Waals surface area contributed by atoms with Gasteiger partial charge in [0.2, 0.25) is 0 Å². The fraction of sp³-hybridized carbons (Fsp3) is 0.0492. The van der Waals surface area contributed by atoms with Gasteiger partial charge >= 0.3 is 0 Å². The van der Waals surface area contributed by atoms with Crippen molar-refractivity contribution < 1.29 is 0 Å². The van der Waals surface area contributed by atoms with Crippen LogP contribution in [0.5, 0.6) is 0 Å². The third kappa shape index (κ3) is 7.36. The van der Waals surface area contributed by atoms with Crippen LogP contribution in [0.25, 0.3) is 64.6 Å². The average Bonchev–Trinajstić information content (AvgIpc) is 3.33. The number of fused-ring (bicyclic) bond motifs is 6. The molecular formula is C61H50N2. The molecule has 0 amide bonds. The maximum Gasteiger partial charge on any atom is 0.0620 e. The minimum absolute atomic E-state index is 1.11. The minimum Gasteiger partial charge on any atom is -0.309 e. The Labute approximate surface area is 370 Å². The van der Waals surface area contributed by atoms with Crippen molar-refractivity contribution in [2.24, 2.45) is 0 Å². The number of anilines is 6. The summed E-state index contributed by atoms with van der Waals surface area (Å²) in [6, 6.07) is 74.1. The van der Waals surface area contributed by atoms with E-state index in [0.717, 1.165) is 22.7 Å². The number of aryl methyl sites for hydroxylation is 3. The maximum atomic E-state index is 3.00. The van der Waals surface area contributed by atoms with Gasteiger partial charge in [-0.3, -0.25) is 0 Å². The predicted molar refractivity (Wildman–Crippen MR) is 278 cm³/mol. The monoisotopic (exact) mass is 810 g/mol. The molecule has 2 nitrogen and oxygen atoms in total. The summed E-state index contributed by atoms with van der Waals surface area (Å²) in [4.78, 5) is 4.98. The number of hydrogen-bond acceptors (Lipinski definition) is 2. The van der Waals surface area contributed by atoms with Gasteiger partial charge in [-0.1, -0.05) is 115 Å². The smallest absolute Gasteiger partial charge is 0.0620 e. The van der Waals surface area contributed by atoms with Crippen LogP contribution in [0.1, 0.15) is 16.7 Å². The zero-order chi connectivity index (χ0) is 43.6. The average molecular weight is 811 g/mol. The number of rotatable bonds is 6. The molecule has 0 aliphatic rings. The number of benzene rings is 11. The molecule has 0 fully saturated rings. The van der Waals surface area contributed by atoms with Gasteiger partial charge in [0.25, 0.3) is 0 Å². The fourth-order valence-corrected chi connectivity index (χ4v) is 9.14. The molecule has 0 aliphatic heterocycles. The molecule has 2 heteroatoms. The molecule has 0 heterocycles. The summed E-state index contributed by atoms with van der Waals surface area (Å²) >= 11 is 0. The zero-order valence-electron chi connectivity index (χ0n) is 36.3. The van der Waals surface area contributed by atoms with E-state index in [9.17, 15) is 0 Å². The normalized spacial score (nSPS) is 11.0. The van der Waals surface area contributed by atoms with Crippen molar-refractivity contribution in [3.8, 4) is 0 Å². The van der Waals surface area contributed by atoms with Crippen molar-refractivity contribution in [3.05, 3.63) is 243 Å². The highest BCUT2D eigenvalue weighted by molar-refractivity contribution is 6.24. The largest absolute Gasteiger partial charge is 0.309 e. The SMILES string of the molecule is C=C.C=C.Cc1ccc2c(N(c3ccccc3)c3ccc4cc5ccccc5cc4c3)c3cc(C)c(C)cc3c(N(c3ccccc3)c3ccc4cc5ccccc5cc4c3)c2c1. The standard InChI is InChI=1S/C57H42N2.2C2H4/c1-37-22-27-52-53(28-37)57(59(49-20-8-5-9-21-49)51-26-24-45-32-41-15-11-13-17-43(41)34-47(45)36-51)55-30-39(3)38(2)29-54(55)56(52)58(48-18-6-4-7-19-48)50-25-23-44-31-40-14-10-12-16-42(40)33-46(44)35-50;2*1-2/h4-36H,1-3H3;2*1-2H2. The van der Waals surface area contributed by atoms with Gasteiger partial charge in [0, 0.05) is 44.3 Å². The van der Waals surface area contributed by atoms with Crippen molar-refractivity contribution in [2.75, 3.05) is 9.80 Å². The van der Waals surface area contributed by atoms with Gasteiger partial charge in [-0.2, -0.15) is 0 Å². The van der Waals surface area contributed by atoms with Crippen LogP contribution < -0.4 is 9.80 Å². The minimum atomic E-state index is 1.11.